The molecule has 0 atom stereocenters. The second-order valence-electron chi connectivity index (χ2n) is 4.99. The van der Waals surface area contributed by atoms with Crippen LogP contribution in [0.1, 0.15) is 46.2 Å². The van der Waals surface area contributed by atoms with Crippen LogP contribution in [0.3, 0.4) is 0 Å². The minimum absolute atomic E-state index is 0.0453. The third-order valence-corrected chi connectivity index (χ3v) is 4.68. The first-order valence-corrected chi connectivity index (χ1v) is 7.23. The molecule has 5 nitrogen and oxygen atoms in total. The number of carbonyl (C=O) groups is 2. The topological polar surface area (TPSA) is 89.4 Å². The molecule has 0 bridgehead atoms. The molecule has 0 saturated heterocycles. The molecule has 0 radical (unpaired) electrons. The van der Waals surface area contributed by atoms with Crippen molar-refractivity contribution in [2.24, 2.45) is 11.7 Å². The van der Waals surface area contributed by atoms with Gasteiger partial charge in [0.1, 0.15) is 5.00 Å². The highest BCUT2D eigenvalue weighted by atomic mass is 32.1. The molecule has 0 aliphatic heterocycles. The number of rotatable bonds is 6. The average Bonchev–Trinajstić information content (AvgIpc) is 3.09. The summed E-state index contributed by atoms with van der Waals surface area (Å²) in [5.74, 6) is 0.0667. The number of hydrogen-bond donors (Lipinski definition) is 2. The van der Waals surface area contributed by atoms with Gasteiger partial charge >= 0.3 is 0 Å². The lowest BCUT2D eigenvalue weighted by Crippen LogP contribution is -2.23. The van der Waals surface area contributed by atoms with E-state index in [1.165, 1.54) is 24.2 Å². The first-order valence-electron chi connectivity index (χ1n) is 6.42. The van der Waals surface area contributed by atoms with Gasteiger partial charge in [0, 0.05) is 20.0 Å². The van der Waals surface area contributed by atoms with Gasteiger partial charge in [-0.1, -0.05) is 6.92 Å². The number of hydrogen-bond acceptors (Lipinski definition) is 5. The second-order valence-corrected chi connectivity index (χ2v) is 5.99. The average molecular weight is 281 g/mol. The Kier molecular flexibility index (Phi) is 3.80. The van der Waals surface area contributed by atoms with E-state index in [0.29, 0.717) is 27.8 Å². The van der Waals surface area contributed by atoms with Crippen molar-refractivity contribution in [3.8, 4) is 0 Å². The number of Topliss-reactive ketones (excluding diaryl/α,β-unsaturated/α-hetero) is 1. The van der Waals surface area contributed by atoms with Crippen LogP contribution in [0.5, 0.6) is 0 Å². The minimum atomic E-state index is -0.568. The summed E-state index contributed by atoms with van der Waals surface area (Å²) in [6, 6.07) is 0. The van der Waals surface area contributed by atoms with Gasteiger partial charge in [0.25, 0.3) is 5.91 Å². The number of amides is 1. The molecule has 19 heavy (non-hydrogen) atoms. The Morgan fingerprint density at radius 1 is 1.42 bits per heavy atom. The summed E-state index contributed by atoms with van der Waals surface area (Å²) in [6.45, 7) is 2.65. The van der Waals surface area contributed by atoms with Crippen LogP contribution in [0.15, 0.2) is 0 Å². The van der Waals surface area contributed by atoms with E-state index in [-0.39, 0.29) is 11.5 Å². The maximum absolute atomic E-state index is 11.8. The van der Waals surface area contributed by atoms with Crippen LogP contribution in [0.4, 0.5) is 10.7 Å². The molecule has 6 heteroatoms. The Labute approximate surface area is 116 Å². The van der Waals surface area contributed by atoms with Crippen molar-refractivity contribution in [2.45, 2.75) is 26.2 Å². The Morgan fingerprint density at radius 3 is 2.53 bits per heavy atom. The number of carbonyl (C=O) groups excluding carboxylic acids is 2. The summed E-state index contributed by atoms with van der Waals surface area (Å²) in [7, 11) is 1.91. The Balaban J connectivity index is 2.39. The second kappa shape index (κ2) is 5.21. The van der Waals surface area contributed by atoms with Gasteiger partial charge in [-0.05, 0) is 18.8 Å². The number of nitrogen functional groups attached to an aromatic ring is 1. The van der Waals surface area contributed by atoms with Crippen LogP contribution >= 0.6 is 11.3 Å². The molecule has 2 rings (SSSR count). The molecule has 1 aromatic heterocycles. The maximum atomic E-state index is 11.8. The van der Waals surface area contributed by atoms with E-state index in [4.69, 9.17) is 11.5 Å². The van der Waals surface area contributed by atoms with Crippen molar-refractivity contribution in [3.63, 3.8) is 0 Å². The van der Waals surface area contributed by atoms with Gasteiger partial charge in [0.05, 0.1) is 16.1 Å². The van der Waals surface area contributed by atoms with Gasteiger partial charge in [-0.15, -0.1) is 11.3 Å². The molecule has 4 N–H and O–H groups in total. The SMILES string of the molecule is CCC(=O)c1sc(N(C)CC2CC2)c(C(N)=O)c1N. The van der Waals surface area contributed by atoms with Crippen molar-refractivity contribution < 1.29 is 9.59 Å². The monoisotopic (exact) mass is 281 g/mol. The summed E-state index contributed by atoms with van der Waals surface area (Å²) >= 11 is 1.28. The standard InChI is InChI=1S/C13H19N3O2S/c1-3-8(17)11-10(14)9(12(15)18)13(19-11)16(2)6-7-4-5-7/h7H,3-6,14H2,1-2H3,(H2,15,18). The molecule has 1 fully saturated rings. The third kappa shape index (κ3) is 2.73. The molecule has 1 heterocycles. The largest absolute Gasteiger partial charge is 0.397 e. The molecule has 1 aliphatic rings. The van der Waals surface area contributed by atoms with Crippen molar-refractivity contribution in [1.29, 1.82) is 0 Å². The zero-order valence-electron chi connectivity index (χ0n) is 11.2. The third-order valence-electron chi connectivity index (χ3n) is 3.32. The number of nitrogens with zero attached hydrogens (tertiary/aromatic N) is 1. The number of anilines is 2. The molecule has 0 spiro atoms. The van der Waals surface area contributed by atoms with E-state index in [1.54, 1.807) is 6.92 Å². The van der Waals surface area contributed by atoms with Crippen LogP contribution in [0.2, 0.25) is 0 Å². The van der Waals surface area contributed by atoms with E-state index in [2.05, 4.69) is 0 Å². The number of ketones is 1. The minimum Gasteiger partial charge on any atom is -0.397 e. The molecule has 1 saturated carbocycles. The fourth-order valence-corrected chi connectivity index (χ4v) is 3.28. The maximum Gasteiger partial charge on any atom is 0.253 e. The highest BCUT2D eigenvalue weighted by Gasteiger charge is 2.28. The molecular formula is C13H19N3O2S. The van der Waals surface area contributed by atoms with E-state index >= 15 is 0 Å². The highest BCUT2D eigenvalue weighted by molar-refractivity contribution is 7.19. The summed E-state index contributed by atoms with van der Waals surface area (Å²) in [4.78, 5) is 25.9. The normalized spacial score (nSPS) is 14.4. The summed E-state index contributed by atoms with van der Waals surface area (Å²) in [5, 5.41) is 0.716. The Bertz CT molecular complexity index is 520. The predicted molar refractivity (Wildman–Crippen MR) is 77.9 cm³/mol. The molecular weight excluding hydrogens is 262 g/mol. The lowest BCUT2D eigenvalue weighted by Gasteiger charge is -2.18. The van der Waals surface area contributed by atoms with Gasteiger partial charge in [0.15, 0.2) is 5.78 Å². The molecule has 0 aromatic carbocycles. The Hall–Kier alpha value is -1.56. The van der Waals surface area contributed by atoms with Crippen molar-refractivity contribution in [1.82, 2.24) is 0 Å². The molecule has 1 amide bonds. The highest BCUT2D eigenvalue weighted by Crippen LogP contribution is 2.40. The first-order chi connectivity index (χ1) is 8.95. The summed E-state index contributed by atoms with van der Waals surface area (Å²) in [5.41, 5.74) is 11.9. The number of primary amides is 1. The lowest BCUT2D eigenvalue weighted by molar-refractivity contribution is 0.0991. The lowest BCUT2D eigenvalue weighted by atomic mass is 10.1. The fourth-order valence-electron chi connectivity index (χ4n) is 2.08. The first kappa shape index (κ1) is 13.9. The zero-order chi connectivity index (χ0) is 14.2. The van der Waals surface area contributed by atoms with Gasteiger partial charge in [-0.25, -0.2) is 0 Å². The van der Waals surface area contributed by atoms with Crippen LogP contribution in [-0.4, -0.2) is 25.3 Å². The molecule has 0 unspecified atom stereocenters. The number of thiophene rings is 1. The van der Waals surface area contributed by atoms with Crippen LogP contribution in [-0.2, 0) is 0 Å². The van der Waals surface area contributed by atoms with Gasteiger partial charge in [-0.3, -0.25) is 9.59 Å². The van der Waals surface area contributed by atoms with E-state index in [9.17, 15) is 9.59 Å². The molecule has 104 valence electrons. The van der Waals surface area contributed by atoms with Crippen molar-refractivity contribution in [2.75, 3.05) is 24.2 Å². The summed E-state index contributed by atoms with van der Waals surface area (Å²) < 4.78 is 0. The van der Waals surface area contributed by atoms with Crippen LogP contribution in [0.25, 0.3) is 0 Å². The van der Waals surface area contributed by atoms with Crippen LogP contribution in [0, 0.1) is 5.92 Å². The van der Waals surface area contributed by atoms with E-state index < -0.39 is 5.91 Å². The zero-order valence-corrected chi connectivity index (χ0v) is 12.0. The molecule has 1 aliphatic carbocycles. The van der Waals surface area contributed by atoms with E-state index in [1.807, 2.05) is 11.9 Å². The van der Waals surface area contributed by atoms with Gasteiger partial charge < -0.3 is 16.4 Å². The van der Waals surface area contributed by atoms with Gasteiger partial charge in [0.2, 0.25) is 0 Å². The Morgan fingerprint density at radius 2 is 2.05 bits per heavy atom. The number of nitrogens with two attached hydrogens (primary N) is 2. The van der Waals surface area contributed by atoms with Crippen LogP contribution < -0.4 is 16.4 Å². The van der Waals surface area contributed by atoms with Crippen molar-refractivity contribution in [3.05, 3.63) is 10.4 Å². The predicted octanol–water partition coefficient (Wildman–Crippen LogP) is 1.87. The van der Waals surface area contributed by atoms with Gasteiger partial charge in [-0.2, -0.15) is 0 Å². The molecule has 1 aromatic rings. The quantitative estimate of drug-likeness (QED) is 0.779. The summed E-state index contributed by atoms with van der Waals surface area (Å²) in [6.07, 6.45) is 2.81. The van der Waals surface area contributed by atoms with Crippen molar-refractivity contribution >= 4 is 33.7 Å². The smallest absolute Gasteiger partial charge is 0.253 e. The fraction of sp³-hybridized carbons (Fsp3) is 0.538. The van der Waals surface area contributed by atoms with E-state index in [0.717, 1.165) is 6.54 Å².